The van der Waals surface area contributed by atoms with E-state index in [1.807, 2.05) is 11.4 Å². The molecule has 0 bridgehead atoms. The number of anilines is 1. The Kier molecular flexibility index (Phi) is 4.91. The number of rotatable bonds is 4. The smallest absolute Gasteiger partial charge is 0.241 e. The average molecular weight is 440 g/mol. The lowest BCUT2D eigenvalue weighted by Crippen LogP contribution is -2.24. The summed E-state index contributed by atoms with van der Waals surface area (Å²) >= 11 is 8.15. The molecule has 0 amide bonds. The first kappa shape index (κ1) is 16.0. The van der Waals surface area contributed by atoms with Crippen LogP contribution in [-0.4, -0.2) is 8.42 Å². The van der Waals surface area contributed by atoms with Gasteiger partial charge in [0.25, 0.3) is 0 Å². The Morgan fingerprint density at radius 2 is 2.00 bits per heavy atom. The third-order valence-corrected chi connectivity index (χ3v) is 6.85. The van der Waals surface area contributed by atoms with Crippen LogP contribution in [0.4, 0.5) is 5.69 Å². The Balaban J connectivity index is 2.27. The summed E-state index contributed by atoms with van der Waals surface area (Å²) in [5.74, 6) is 0. The van der Waals surface area contributed by atoms with Gasteiger partial charge in [-0.2, -0.15) is 0 Å². The number of nitrogens with one attached hydrogen (secondary N) is 1. The quantitative estimate of drug-likeness (QED) is 0.714. The average Bonchev–Trinajstić information content (AvgIpc) is 2.77. The Morgan fingerprint density at radius 3 is 2.60 bits per heavy atom. The molecule has 0 unspecified atom stereocenters. The molecular weight excluding hydrogens is 428 g/mol. The number of hydrogen-bond donors (Lipinski definition) is 2. The number of aryl methyl sites for hydroxylation is 1. The number of nitrogens with two attached hydrogens (primary N) is 1. The van der Waals surface area contributed by atoms with E-state index in [-0.39, 0.29) is 11.4 Å². The van der Waals surface area contributed by atoms with E-state index in [1.54, 1.807) is 13.0 Å². The van der Waals surface area contributed by atoms with Crippen LogP contribution in [0.3, 0.4) is 0 Å². The van der Waals surface area contributed by atoms with Gasteiger partial charge in [-0.1, -0.05) is 0 Å². The van der Waals surface area contributed by atoms with Gasteiger partial charge in [-0.25, -0.2) is 13.1 Å². The topological polar surface area (TPSA) is 72.2 Å². The molecule has 0 saturated heterocycles. The molecule has 0 aliphatic carbocycles. The molecule has 2 aromatic rings. The second kappa shape index (κ2) is 6.15. The first-order valence-corrected chi connectivity index (χ1v) is 9.53. The van der Waals surface area contributed by atoms with Crippen molar-refractivity contribution in [2.24, 2.45) is 0 Å². The second-order valence-corrected chi connectivity index (χ2v) is 8.60. The number of nitrogen functional groups attached to an aromatic ring is 1. The van der Waals surface area contributed by atoms with Crippen LogP contribution >= 0.6 is 43.2 Å². The third kappa shape index (κ3) is 3.43. The van der Waals surface area contributed by atoms with E-state index in [0.717, 1.165) is 9.35 Å². The summed E-state index contributed by atoms with van der Waals surface area (Å²) in [5.41, 5.74) is 6.80. The fraction of sp³-hybridized carbons (Fsp3) is 0.167. The fourth-order valence-electron chi connectivity index (χ4n) is 1.65. The number of hydrogen-bond acceptors (Lipinski definition) is 4. The molecule has 108 valence electrons. The largest absolute Gasteiger partial charge is 0.398 e. The van der Waals surface area contributed by atoms with Crippen LogP contribution in [0.1, 0.15) is 10.4 Å². The molecule has 2 rings (SSSR count). The molecule has 0 saturated carbocycles. The SMILES string of the molecule is Cc1cc(Br)c(N)cc1S(=O)(=O)NCc1sccc1Br. The van der Waals surface area contributed by atoms with Crippen molar-refractivity contribution in [1.82, 2.24) is 4.72 Å². The molecule has 0 atom stereocenters. The fourth-order valence-corrected chi connectivity index (χ4v) is 4.88. The van der Waals surface area contributed by atoms with E-state index in [9.17, 15) is 8.42 Å². The zero-order valence-corrected chi connectivity index (χ0v) is 15.3. The van der Waals surface area contributed by atoms with Crippen molar-refractivity contribution in [2.45, 2.75) is 18.4 Å². The standard InChI is InChI=1S/C12H12Br2N2O2S2/c1-7-4-9(14)10(15)5-12(7)20(17,18)16-6-11-8(13)2-3-19-11/h2-5,16H,6,15H2,1H3. The van der Waals surface area contributed by atoms with Gasteiger partial charge in [0.15, 0.2) is 0 Å². The van der Waals surface area contributed by atoms with Crippen molar-refractivity contribution in [3.05, 3.63) is 43.0 Å². The zero-order valence-electron chi connectivity index (χ0n) is 10.5. The van der Waals surface area contributed by atoms with Crippen LogP contribution in [0.2, 0.25) is 0 Å². The molecule has 8 heteroatoms. The highest BCUT2D eigenvalue weighted by Gasteiger charge is 2.18. The van der Waals surface area contributed by atoms with Gasteiger partial charge in [0.05, 0.1) is 4.90 Å². The van der Waals surface area contributed by atoms with Crippen LogP contribution in [-0.2, 0) is 16.6 Å². The second-order valence-electron chi connectivity index (χ2n) is 4.16. The summed E-state index contributed by atoms with van der Waals surface area (Å²) in [5, 5.41) is 1.90. The third-order valence-electron chi connectivity index (χ3n) is 2.70. The minimum absolute atomic E-state index is 0.200. The van der Waals surface area contributed by atoms with Crippen LogP contribution in [0.15, 0.2) is 37.4 Å². The number of thiophene rings is 1. The maximum absolute atomic E-state index is 12.3. The van der Waals surface area contributed by atoms with Crippen molar-refractivity contribution in [1.29, 1.82) is 0 Å². The molecule has 3 N–H and O–H groups in total. The van der Waals surface area contributed by atoms with Crippen molar-refractivity contribution in [2.75, 3.05) is 5.73 Å². The van der Waals surface area contributed by atoms with Gasteiger partial charge in [0.2, 0.25) is 10.0 Å². The van der Waals surface area contributed by atoms with E-state index in [0.29, 0.717) is 15.7 Å². The summed E-state index contributed by atoms with van der Waals surface area (Å²) in [7, 11) is -3.59. The van der Waals surface area contributed by atoms with E-state index in [1.165, 1.54) is 17.4 Å². The first-order chi connectivity index (χ1) is 9.31. The Labute approximate surface area is 138 Å². The molecule has 1 aromatic carbocycles. The van der Waals surface area contributed by atoms with Crippen molar-refractivity contribution in [3.63, 3.8) is 0 Å². The normalized spacial score (nSPS) is 11.8. The lowest BCUT2D eigenvalue weighted by Gasteiger charge is -2.11. The van der Waals surface area contributed by atoms with Gasteiger partial charge >= 0.3 is 0 Å². The molecule has 0 fully saturated rings. The van der Waals surface area contributed by atoms with Gasteiger partial charge in [-0.15, -0.1) is 11.3 Å². The maximum atomic E-state index is 12.3. The summed E-state index contributed by atoms with van der Waals surface area (Å²) in [4.78, 5) is 1.13. The summed E-state index contributed by atoms with van der Waals surface area (Å²) < 4.78 is 28.8. The highest BCUT2D eigenvalue weighted by atomic mass is 79.9. The van der Waals surface area contributed by atoms with Gasteiger partial charge in [0, 0.05) is 26.1 Å². The molecule has 1 aromatic heterocycles. The van der Waals surface area contributed by atoms with E-state index >= 15 is 0 Å². The molecule has 4 nitrogen and oxygen atoms in total. The molecular formula is C12H12Br2N2O2S2. The van der Waals surface area contributed by atoms with Gasteiger partial charge in [0.1, 0.15) is 0 Å². The highest BCUT2D eigenvalue weighted by molar-refractivity contribution is 9.11. The van der Waals surface area contributed by atoms with Crippen molar-refractivity contribution < 1.29 is 8.42 Å². The number of benzene rings is 1. The van der Waals surface area contributed by atoms with Crippen LogP contribution in [0.5, 0.6) is 0 Å². The predicted molar refractivity (Wildman–Crippen MR) is 89.3 cm³/mol. The van der Waals surface area contributed by atoms with Crippen LogP contribution < -0.4 is 10.5 Å². The molecule has 0 aliphatic rings. The van der Waals surface area contributed by atoms with Crippen molar-refractivity contribution in [3.8, 4) is 0 Å². The Bertz CT molecular complexity index is 742. The monoisotopic (exact) mass is 438 g/mol. The van der Waals surface area contributed by atoms with Gasteiger partial charge in [-0.3, -0.25) is 0 Å². The first-order valence-electron chi connectivity index (χ1n) is 5.58. The van der Waals surface area contributed by atoms with Crippen LogP contribution in [0.25, 0.3) is 0 Å². The minimum atomic E-state index is -3.59. The number of sulfonamides is 1. The summed E-state index contributed by atoms with van der Waals surface area (Å²) in [6, 6.07) is 5.05. The minimum Gasteiger partial charge on any atom is -0.398 e. The molecule has 1 heterocycles. The predicted octanol–water partition coefficient (Wildman–Crippen LogP) is 3.64. The van der Waals surface area contributed by atoms with E-state index in [2.05, 4.69) is 36.6 Å². The molecule has 0 radical (unpaired) electrons. The molecule has 0 aliphatic heterocycles. The summed E-state index contributed by atoms with van der Waals surface area (Å²) in [6.45, 7) is 1.98. The zero-order chi connectivity index (χ0) is 14.9. The molecule has 20 heavy (non-hydrogen) atoms. The Hall–Kier alpha value is -0.410. The van der Waals surface area contributed by atoms with Gasteiger partial charge in [-0.05, 0) is 67.9 Å². The van der Waals surface area contributed by atoms with E-state index in [4.69, 9.17) is 5.73 Å². The highest BCUT2D eigenvalue weighted by Crippen LogP contribution is 2.27. The van der Waals surface area contributed by atoms with E-state index < -0.39 is 10.0 Å². The maximum Gasteiger partial charge on any atom is 0.241 e. The summed E-state index contributed by atoms with van der Waals surface area (Å²) in [6.07, 6.45) is 0. The van der Waals surface area contributed by atoms with Crippen molar-refractivity contribution >= 4 is 58.9 Å². The lowest BCUT2D eigenvalue weighted by molar-refractivity contribution is 0.581. The number of halogens is 2. The Morgan fingerprint density at radius 1 is 1.30 bits per heavy atom. The van der Waals surface area contributed by atoms with Crippen LogP contribution in [0, 0.1) is 6.92 Å². The molecule has 0 spiro atoms. The van der Waals surface area contributed by atoms with Gasteiger partial charge < -0.3 is 5.73 Å². The lowest BCUT2D eigenvalue weighted by atomic mass is 10.2.